The Labute approximate surface area is 182 Å². The van der Waals surface area contributed by atoms with Crippen molar-refractivity contribution in [2.24, 2.45) is 0 Å². The molecule has 3 rings (SSSR count). The number of hydrogen-bond acceptors (Lipinski definition) is 8. The molecular formula is C20H25N3O5S2. The molecule has 8 nitrogen and oxygen atoms in total. The zero-order chi connectivity index (χ0) is 21.7. The highest BCUT2D eigenvalue weighted by atomic mass is 32.2. The number of thiophene rings is 1. The van der Waals surface area contributed by atoms with Gasteiger partial charge in [-0.1, -0.05) is 11.8 Å². The molecule has 0 atom stereocenters. The summed E-state index contributed by atoms with van der Waals surface area (Å²) in [6, 6.07) is 0. The summed E-state index contributed by atoms with van der Waals surface area (Å²) in [6.07, 6.45) is 4.05. The van der Waals surface area contributed by atoms with E-state index in [2.05, 4.69) is 15.3 Å². The number of aryl methyl sites for hydroxylation is 2. The van der Waals surface area contributed by atoms with Gasteiger partial charge in [-0.2, -0.15) is 0 Å². The number of rotatable bonds is 8. The summed E-state index contributed by atoms with van der Waals surface area (Å²) >= 11 is 2.55. The first kappa shape index (κ1) is 22.5. The van der Waals surface area contributed by atoms with Gasteiger partial charge in [0.2, 0.25) is 5.91 Å². The molecule has 162 valence electrons. The quantitative estimate of drug-likeness (QED) is 0.320. The van der Waals surface area contributed by atoms with Crippen LogP contribution in [-0.4, -0.2) is 45.9 Å². The third kappa shape index (κ3) is 5.11. The van der Waals surface area contributed by atoms with E-state index in [1.165, 1.54) is 11.3 Å². The lowest BCUT2D eigenvalue weighted by Gasteiger charge is -2.12. The van der Waals surface area contributed by atoms with Gasteiger partial charge in [-0.3, -0.25) is 9.59 Å². The van der Waals surface area contributed by atoms with E-state index in [4.69, 9.17) is 9.84 Å². The van der Waals surface area contributed by atoms with Crippen molar-refractivity contribution in [3.63, 3.8) is 0 Å². The van der Waals surface area contributed by atoms with Gasteiger partial charge in [0.15, 0.2) is 5.16 Å². The SMILES string of the molecule is CCOC(=O)c1c(NC(=O)CSc2nc(C)c(CCO)c(=O)[nH]2)sc2c1CCCC2. The fourth-order valence-electron chi connectivity index (χ4n) is 3.43. The molecule has 0 fully saturated rings. The number of aliphatic hydroxyl groups is 1. The van der Waals surface area contributed by atoms with Crippen LogP contribution in [0.5, 0.6) is 0 Å². The average Bonchev–Trinajstić information content (AvgIpc) is 3.07. The number of amides is 1. The van der Waals surface area contributed by atoms with E-state index in [0.29, 0.717) is 27.0 Å². The van der Waals surface area contributed by atoms with E-state index >= 15 is 0 Å². The first-order valence-corrected chi connectivity index (χ1v) is 11.7. The van der Waals surface area contributed by atoms with Crippen LogP contribution in [0.25, 0.3) is 0 Å². The fourth-order valence-corrected chi connectivity index (χ4v) is 5.43. The number of nitrogens with zero attached hydrogens (tertiary/aromatic N) is 1. The number of fused-ring (bicyclic) bond motifs is 1. The lowest BCUT2D eigenvalue weighted by molar-refractivity contribution is -0.113. The first-order chi connectivity index (χ1) is 14.4. The molecule has 0 aromatic carbocycles. The molecule has 0 aliphatic heterocycles. The van der Waals surface area contributed by atoms with E-state index < -0.39 is 5.97 Å². The molecule has 0 saturated heterocycles. The number of carbonyl (C=O) groups excluding carboxylic acids is 2. The number of H-pyrrole nitrogens is 1. The molecule has 0 radical (unpaired) electrons. The Hall–Kier alpha value is -2.17. The predicted octanol–water partition coefficient (Wildman–Crippen LogP) is 2.46. The van der Waals surface area contributed by atoms with Crippen molar-refractivity contribution in [3.05, 3.63) is 37.6 Å². The fraction of sp³-hybridized carbons (Fsp3) is 0.500. The van der Waals surface area contributed by atoms with Crippen LogP contribution in [0.2, 0.25) is 0 Å². The Morgan fingerprint density at radius 2 is 2.10 bits per heavy atom. The molecule has 0 saturated carbocycles. The number of anilines is 1. The summed E-state index contributed by atoms with van der Waals surface area (Å²) in [5, 5.41) is 12.8. The van der Waals surface area contributed by atoms with Crippen LogP contribution in [0.1, 0.15) is 51.8 Å². The van der Waals surface area contributed by atoms with Gasteiger partial charge < -0.3 is 20.1 Å². The minimum Gasteiger partial charge on any atom is -0.462 e. The van der Waals surface area contributed by atoms with E-state index in [1.54, 1.807) is 13.8 Å². The lowest BCUT2D eigenvalue weighted by Crippen LogP contribution is -2.20. The number of thioether (sulfide) groups is 1. The maximum atomic E-state index is 12.5. The summed E-state index contributed by atoms with van der Waals surface area (Å²) in [4.78, 5) is 45.2. The molecule has 3 N–H and O–H groups in total. The third-order valence-electron chi connectivity index (χ3n) is 4.81. The molecule has 2 aromatic heterocycles. The van der Waals surface area contributed by atoms with Crippen LogP contribution in [0.3, 0.4) is 0 Å². The van der Waals surface area contributed by atoms with Crippen LogP contribution in [-0.2, 0) is 28.8 Å². The van der Waals surface area contributed by atoms with Gasteiger partial charge in [0.1, 0.15) is 5.00 Å². The van der Waals surface area contributed by atoms with Gasteiger partial charge in [0, 0.05) is 29.2 Å². The monoisotopic (exact) mass is 451 g/mol. The van der Waals surface area contributed by atoms with Crippen LogP contribution in [0, 0.1) is 6.92 Å². The molecular weight excluding hydrogens is 426 g/mol. The Balaban J connectivity index is 1.72. The number of ether oxygens (including phenoxy) is 1. The summed E-state index contributed by atoms with van der Waals surface area (Å²) in [7, 11) is 0. The summed E-state index contributed by atoms with van der Waals surface area (Å²) < 4.78 is 5.20. The Morgan fingerprint density at radius 3 is 2.80 bits per heavy atom. The minimum atomic E-state index is -0.402. The van der Waals surface area contributed by atoms with Crippen molar-refractivity contribution in [3.8, 4) is 0 Å². The topological polar surface area (TPSA) is 121 Å². The molecule has 1 amide bonds. The average molecular weight is 452 g/mol. The standard InChI is InChI=1S/C20H25N3O5S2/c1-3-28-19(27)16-13-6-4-5-7-14(13)30-18(16)22-15(25)10-29-20-21-11(2)12(8-9-24)17(26)23-20/h24H,3-10H2,1-2H3,(H,22,25)(H,21,23,26). The van der Waals surface area contributed by atoms with Crippen LogP contribution in [0.15, 0.2) is 9.95 Å². The molecule has 2 heterocycles. The van der Waals surface area contributed by atoms with Crippen LogP contribution < -0.4 is 10.9 Å². The highest BCUT2D eigenvalue weighted by Crippen LogP contribution is 2.38. The summed E-state index contributed by atoms with van der Waals surface area (Å²) in [5.41, 5.74) is 2.13. The highest BCUT2D eigenvalue weighted by Gasteiger charge is 2.27. The molecule has 0 bridgehead atoms. The molecule has 1 aliphatic carbocycles. The zero-order valence-electron chi connectivity index (χ0n) is 17.0. The number of esters is 1. The second-order valence-corrected chi connectivity index (χ2v) is 8.95. The van der Waals surface area contributed by atoms with Crippen LogP contribution in [0.4, 0.5) is 5.00 Å². The van der Waals surface area contributed by atoms with Gasteiger partial charge >= 0.3 is 5.97 Å². The van der Waals surface area contributed by atoms with Gasteiger partial charge in [-0.05, 0) is 45.1 Å². The maximum Gasteiger partial charge on any atom is 0.341 e. The highest BCUT2D eigenvalue weighted by molar-refractivity contribution is 7.99. The minimum absolute atomic E-state index is 0.0343. The Morgan fingerprint density at radius 1 is 1.33 bits per heavy atom. The van der Waals surface area contributed by atoms with Gasteiger partial charge in [0.25, 0.3) is 5.56 Å². The second kappa shape index (κ2) is 10.2. The smallest absolute Gasteiger partial charge is 0.341 e. The van der Waals surface area contributed by atoms with Crippen molar-refractivity contribution >= 4 is 40.0 Å². The normalized spacial score (nSPS) is 13.0. The largest absolute Gasteiger partial charge is 0.462 e. The molecule has 10 heteroatoms. The Kier molecular flexibility index (Phi) is 7.68. The lowest BCUT2D eigenvalue weighted by atomic mass is 9.95. The zero-order valence-corrected chi connectivity index (χ0v) is 18.6. The third-order valence-corrected chi connectivity index (χ3v) is 6.89. The van der Waals surface area contributed by atoms with Crippen molar-refractivity contribution in [2.45, 2.75) is 51.1 Å². The van der Waals surface area contributed by atoms with E-state index in [1.807, 2.05) is 0 Å². The van der Waals surface area contributed by atoms with Crippen molar-refractivity contribution in [1.29, 1.82) is 0 Å². The van der Waals surface area contributed by atoms with E-state index in [0.717, 1.165) is 47.9 Å². The Bertz CT molecular complexity index is 999. The van der Waals surface area contributed by atoms with Gasteiger partial charge in [-0.25, -0.2) is 9.78 Å². The summed E-state index contributed by atoms with van der Waals surface area (Å²) in [6.45, 7) is 3.60. The number of aromatic nitrogens is 2. The van der Waals surface area contributed by atoms with Crippen molar-refractivity contribution in [1.82, 2.24) is 9.97 Å². The number of aliphatic hydroxyl groups excluding tert-OH is 1. The predicted molar refractivity (Wildman–Crippen MR) is 117 cm³/mol. The van der Waals surface area contributed by atoms with Gasteiger partial charge in [0.05, 0.1) is 17.9 Å². The maximum absolute atomic E-state index is 12.5. The van der Waals surface area contributed by atoms with Crippen molar-refractivity contribution in [2.75, 3.05) is 24.3 Å². The number of hydrogen-bond donors (Lipinski definition) is 3. The van der Waals surface area contributed by atoms with Crippen molar-refractivity contribution < 1.29 is 19.4 Å². The molecule has 0 unspecified atom stereocenters. The van der Waals surface area contributed by atoms with E-state index in [9.17, 15) is 14.4 Å². The van der Waals surface area contributed by atoms with Crippen LogP contribution >= 0.6 is 23.1 Å². The number of carbonyl (C=O) groups is 2. The summed E-state index contributed by atoms with van der Waals surface area (Å²) in [5.74, 6) is -0.656. The first-order valence-electron chi connectivity index (χ1n) is 9.89. The number of aromatic amines is 1. The number of nitrogens with one attached hydrogen (secondary N) is 2. The second-order valence-electron chi connectivity index (χ2n) is 6.88. The molecule has 1 aliphatic rings. The molecule has 2 aromatic rings. The van der Waals surface area contributed by atoms with Gasteiger partial charge in [-0.15, -0.1) is 11.3 Å². The molecule has 30 heavy (non-hydrogen) atoms. The molecule has 0 spiro atoms. The van der Waals surface area contributed by atoms with E-state index in [-0.39, 0.29) is 36.9 Å².